The number of hydrogen-bond donors (Lipinski definition) is 1. The summed E-state index contributed by atoms with van der Waals surface area (Å²) in [6, 6.07) is 6.75. The van der Waals surface area contributed by atoms with Gasteiger partial charge in [0.05, 0.1) is 29.7 Å². The van der Waals surface area contributed by atoms with E-state index in [2.05, 4.69) is 5.32 Å². The minimum Gasteiger partial charge on any atom is -0.466 e. The van der Waals surface area contributed by atoms with E-state index in [4.69, 9.17) is 21.6 Å². The van der Waals surface area contributed by atoms with Crippen molar-refractivity contribution in [3.63, 3.8) is 0 Å². The van der Waals surface area contributed by atoms with Crippen LogP contribution in [-0.2, 0) is 14.3 Å². The Bertz CT molecular complexity index is 649. The van der Waals surface area contributed by atoms with Crippen LogP contribution in [0.1, 0.15) is 25.3 Å². The quantitative estimate of drug-likeness (QED) is 0.825. The molecule has 1 amide bonds. The number of nitrogens with zero attached hydrogens (tertiary/aromatic N) is 2. The molecule has 0 atom stereocenters. The molecule has 7 heteroatoms. The lowest BCUT2D eigenvalue weighted by molar-refractivity contribution is -0.149. The molecule has 128 valence electrons. The largest absolute Gasteiger partial charge is 0.466 e. The number of likely N-dealkylation sites (tertiary alicyclic amines) is 1. The topological polar surface area (TPSA) is 82.4 Å². The number of halogens is 1. The van der Waals surface area contributed by atoms with E-state index in [9.17, 15) is 9.59 Å². The Labute approximate surface area is 146 Å². The Kier molecular flexibility index (Phi) is 6.59. The Balaban J connectivity index is 1.81. The summed E-state index contributed by atoms with van der Waals surface area (Å²) >= 11 is 5.95. The van der Waals surface area contributed by atoms with Gasteiger partial charge < -0.3 is 10.1 Å². The minimum atomic E-state index is -0.148. The SMILES string of the molecule is CCOC(=O)C1CCN(CC(=O)Nc2ccc(C#N)c(Cl)c2)CC1. The van der Waals surface area contributed by atoms with Crippen LogP contribution in [0.3, 0.4) is 0 Å². The van der Waals surface area contributed by atoms with Gasteiger partial charge in [0.2, 0.25) is 5.91 Å². The zero-order valence-electron chi connectivity index (χ0n) is 13.5. The average Bonchev–Trinajstić information content (AvgIpc) is 2.56. The highest BCUT2D eigenvalue weighted by atomic mass is 35.5. The van der Waals surface area contributed by atoms with E-state index in [0.717, 1.165) is 0 Å². The van der Waals surface area contributed by atoms with E-state index >= 15 is 0 Å². The molecule has 2 rings (SSSR count). The monoisotopic (exact) mass is 349 g/mol. The van der Waals surface area contributed by atoms with Crippen LogP contribution in [0.25, 0.3) is 0 Å². The van der Waals surface area contributed by atoms with Crippen LogP contribution < -0.4 is 5.32 Å². The molecule has 0 aliphatic carbocycles. The predicted octanol–water partition coefficient (Wildman–Crippen LogP) is 2.43. The highest BCUT2D eigenvalue weighted by Crippen LogP contribution is 2.21. The zero-order chi connectivity index (χ0) is 17.5. The maximum Gasteiger partial charge on any atom is 0.309 e. The molecule has 0 bridgehead atoms. The number of rotatable bonds is 5. The number of nitriles is 1. The van der Waals surface area contributed by atoms with Crippen LogP contribution in [0, 0.1) is 17.2 Å². The van der Waals surface area contributed by atoms with E-state index in [1.807, 2.05) is 11.0 Å². The van der Waals surface area contributed by atoms with Crippen molar-refractivity contribution in [3.8, 4) is 6.07 Å². The van der Waals surface area contributed by atoms with Gasteiger partial charge >= 0.3 is 5.97 Å². The number of carbonyl (C=O) groups excluding carboxylic acids is 2. The number of ether oxygens (including phenoxy) is 1. The van der Waals surface area contributed by atoms with Gasteiger partial charge in [0.1, 0.15) is 6.07 Å². The third-order valence-electron chi connectivity index (χ3n) is 3.95. The van der Waals surface area contributed by atoms with E-state index in [-0.39, 0.29) is 24.3 Å². The van der Waals surface area contributed by atoms with Crippen molar-refractivity contribution in [2.24, 2.45) is 5.92 Å². The van der Waals surface area contributed by atoms with Gasteiger partial charge in [-0.1, -0.05) is 11.6 Å². The summed E-state index contributed by atoms with van der Waals surface area (Å²) in [6.45, 7) is 3.82. The van der Waals surface area contributed by atoms with Gasteiger partial charge in [-0.3, -0.25) is 14.5 Å². The van der Waals surface area contributed by atoms with Crippen LogP contribution in [-0.4, -0.2) is 43.0 Å². The molecule has 0 aromatic heterocycles. The summed E-state index contributed by atoms with van der Waals surface area (Å²) in [4.78, 5) is 25.8. The van der Waals surface area contributed by atoms with Crippen LogP contribution in [0.15, 0.2) is 18.2 Å². The molecule has 0 spiro atoms. The van der Waals surface area contributed by atoms with E-state index in [1.165, 1.54) is 0 Å². The lowest BCUT2D eigenvalue weighted by atomic mass is 9.97. The maximum atomic E-state index is 12.1. The number of nitrogens with one attached hydrogen (secondary N) is 1. The van der Waals surface area contributed by atoms with Crippen LogP contribution in [0.4, 0.5) is 5.69 Å². The van der Waals surface area contributed by atoms with E-state index in [0.29, 0.717) is 48.8 Å². The molecule has 1 aliphatic heterocycles. The number of carbonyl (C=O) groups is 2. The molecule has 1 heterocycles. The normalized spacial score (nSPS) is 15.5. The first-order valence-corrected chi connectivity index (χ1v) is 8.29. The van der Waals surface area contributed by atoms with Gasteiger partial charge in [0.15, 0.2) is 0 Å². The minimum absolute atomic E-state index is 0.0680. The Morgan fingerprint density at radius 3 is 2.71 bits per heavy atom. The van der Waals surface area contributed by atoms with Crippen LogP contribution in [0.5, 0.6) is 0 Å². The van der Waals surface area contributed by atoms with Crippen molar-refractivity contribution in [1.82, 2.24) is 4.90 Å². The van der Waals surface area contributed by atoms with Crippen molar-refractivity contribution in [2.75, 3.05) is 31.6 Å². The zero-order valence-corrected chi connectivity index (χ0v) is 14.3. The number of esters is 1. The first kappa shape index (κ1) is 18.2. The third kappa shape index (κ3) is 4.95. The van der Waals surface area contributed by atoms with Crippen molar-refractivity contribution >= 4 is 29.2 Å². The van der Waals surface area contributed by atoms with E-state index in [1.54, 1.807) is 25.1 Å². The molecule has 1 aliphatic rings. The van der Waals surface area contributed by atoms with E-state index < -0.39 is 0 Å². The van der Waals surface area contributed by atoms with Gasteiger partial charge in [-0.25, -0.2) is 0 Å². The maximum absolute atomic E-state index is 12.1. The molecule has 1 N–H and O–H groups in total. The number of hydrogen-bond acceptors (Lipinski definition) is 5. The summed E-state index contributed by atoms with van der Waals surface area (Å²) < 4.78 is 5.03. The second-order valence-electron chi connectivity index (χ2n) is 5.66. The molecule has 1 aromatic carbocycles. The van der Waals surface area contributed by atoms with Gasteiger partial charge in [-0.15, -0.1) is 0 Å². The molecular formula is C17H20ClN3O3. The molecule has 0 unspecified atom stereocenters. The van der Waals surface area contributed by atoms with Gasteiger partial charge in [0.25, 0.3) is 0 Å². The molecule has 6 nitrogen and oxygen atoms in total. The summed E-state index contributed by atoms with van der Waals surface area (Å²) in [5.41, 5.74) is 0.932. The second kappa shape index (κ2) is 8.67. The van der Waals surface area contributed by atoms with Gasteiger partial charge in [-0.2, -0.15) is 5.26 Å². The Morgan fingerprint density at radius 2 is 2.12 bits per heavy atom. The third-order valence-corrected chi connectivity index (χ3v) is 4.26. The summed E-state index contributed by atoms with van der Waals surface area (Å²) in [7, 11) is 0. The lowest BCUT2D eigenvalue weighted by Gasteiger charge is -2.30. The van der Waals surface area contributed by atoms with Crippen LogP contribution in [0.2, 0.25) is 5.02 Å². The lowest BCUT2D eigenvalue weighted by Crippen LogP contribution is -2.41. The number of anilines is 1. The second-order valence-corrected chi connectivity index (χ2v) is 6.06. The first-order chi connectivity index (χ1) is 11.5. The summed E-state index contributed by atoms with van der Waals surface area (Å²) in [5.74, 6) is -0.360. The fraction of sp³-hybridized carbons (Fsp3) is 0.471. The molecule has 0 radical (unpaired) electrons. The highest BCUT2D eigenvalue weighted by Gasteiger charge is 2.26. The smallest absolute Gasteiger partial charge is 0.309 e. The molecule has 1 aromatic rings. The number of benzene rings is 1. The number of amides is 1. The van der Waals surface area contributed by atoms with Gasteiger partial charge in [-0.05, 0) is 51.1 Å². The van der Waals surface area contributed by atoms with Crippen molar-refractivity contribution in [3.05, 3.63) is 28.8 Å². The average molecular weight is 350 g/mol. The molecule has 1 fully saturated rings. The fourth-order valence-electron chi connectivity index (χ4n) is 2.67. The van der Waals surface area contributed by atoms with Gasteiger partial charge in [0, 0.05) is 5.69 Å². The fourth-order valence-corrected chi connectivity index (χ4v) is 2.90. The van der Waals surface area contributed by atoms with Crippen molar-refractivity contribution < 1.29 is 14.3 Å². The van der Waals surface area contributed by atoms with Crippen molar-refractivity contribution in [1.29, 1.82) is 5.26 Å². The molecule has 0 saturated carbocycles. The standard InChI is InChI=1S/C17H20ClN3O3/c1-2-24-17(23)12-5-7-21(8-6-12)11-16(22)20-14-4-3-13(10-19)15(18)9-14/h3-4,9,12H,2,5-8,11H2,1H3,(H,20,22). The Hall–Kier alpha value is -2.10. The molecule has 1 saturated heterocycles. The molecular weight excluding hydrogens is 330 g/mol. The number of piperidine rings is 1. The summed E-state index contributed by atoms with van der Waals surface area (Å²) in [6.07, 6.45) is 1.41. The van der Waals surface area contributed by atoms with Crippen LogP contribution >= 0.6 is 11.6 Å². The Morgan fingerprint density at radius 1 is 1.42 bits per heavy atom. The predicted molar refractivity (Wildman–Crippen MR) is 90.6 cm³/mol. The van der Waals surface area contributed by atoms with Crippen molar-refractivity contribution in [2.45, 2.75) is 19.8 Å². The first-order valence-electron chi connectivity index (χ1n) is 7.92. The molecule has 24 heavy (non-hydrogen) atoms. The summed E-state index contributed by atoms with van der Waals surface area (Å²) in [5, 5.41) is 11.9. The highest BCUT2D eigenvalue weighted by molar-refractivity contribution is 6.32.